The number of rotatable bonds is 4. The van der Waals surface area contributed by atoms with Crippen LogP contribution in [0.15, 0.2) is 18.2 Å². The van der Waals surface area contributed by atoms with Crippen molar-refractivity contribution in [3.05, 3.63) is 29.6 Å². The predicted molar refractivity (Wildman–Crippen MR) is 78.8 cm³/mol. The average molecular weight is 339 g/mol. The summed E-state index contributed by atoms with van der Waals surface area (Å²) in [5, 5.41) is 8.49. The highest BCUT2D eigenvalue weighted by atomic mass is 19.1. The molecule has 0 atom stereocenters. The van der Waals surface area contributed by atoms with E-state index in [4.69, 9.17) is 19.3 Å². The third kappa shape index (κ3) is 3.65. The maximum atomic E-state index is 13.2. The highest BCUT2D eigenvalue weighted by Gasteiger charge is 2.41. The number of ether oxygens (including phenoxy) is 3. The molecule has 130 valence electrons. The molecule has 1 aromatic rings. The number of hydrogen-bond acceptors (Lipinski definition) is 5. The molecule has 0 bridgehead atoms. The SMILES string of the molecule is O=C(O)COCC(=O)N1CCC2(CC1)OCc1cc(F)ccc1O2. The van der Waals surface area contributed by atoms with Gasteiger partial charge in [0.1, 0.15) is 24.8 Å². The zero-order chi connectivity index (χ0) is 17.2. The van der Waals surface area contributed by atoms with Crippen LogP contribution in [-0.4, -0.2) is 54.0 Å². The Bertz CT molecular complexity index is 641. The summed E-state index contributed by atoms with van der Waals surface area (Å²) in [4.78, 5) is 23.9. The van der Waals surface area contributed by atoms with Crippen LogP contribution in [-0.2, 0) is 25.7 Å². The Morgan fingerprint density at radius 2 is 2.04 bits per heavy atom. The van der Waals surface area contributed by atoms with Crippen LogP contribution in [0.3, 0.4) is 0 Å². The van der Waals surface area contributed by atoms with Crippen LogP contribution in [0.5, 0.6) is 5.75 Å². The number of carbonyl (C=O) groups excluding carboxylic acids is 1. The Hall–Kier alpha value is -2.19. The van der Waals surface area contributed by atoms with E-state index >= 15 is 0 Å². The summed E-state index contributed by atoms with van der Waals surface area (Å²) in [6.07, 6.45) is 0.961. The first kappa shape index (κ1) is 16.7. The number of amides is 1. The molecule has 8 heteroatoms. The molecule has 2 heterocycles. The van der Waals surface area contributed by atoms with Crippen LogP contribution in [0.1, 0.15) is 18.4 Å². The minimum Gasteiger partial charge on any atom is -0.480 e. The topological polar surface area (TPSA) is 85.3 Å². The second-order valence-corrected chi connectivity index (χ2v) is 5.82. The first-order valence-corrected chi connectivity index (χ1v) is 7.66. The van der Waals surface area contributed by atoms with Gasteiger partial charge >= 0.3 is 5.97 Å². The third-order valence-corrected chi connectivity index (χ3v) is 4.14. The number of likely N-dealkylation sites (tertiary alicyclic amines) is 1. The van der Waals surface area contributed by atoms with Gasteiger partial charge < -0.3 is 24.2 Å². The molecule has 24 heavy (non-hydrogen) atoms. The number of fused-ring (bicyclic) bond motifs is 1. The van der Waals surface area contributed by atoms with Gasteiger partial charge in [-0.15, -0.1) is 0 Å². The monoisotopic (exact) mass is 339 g/mol. The first-order chi connectivity index (χ1) is 11.5. The minimum absolute atomic E-state index is 0.260. The maximum Gasteiger partial charge on any atom is 0.329 e. The minimum atomic E-state index is -1.11. The number of carboxylic acid groups (broad SMARTS) is 1. The molecule has 0 unspecified atom stereocenters. The fraction of sp³-hybridized carbons (Fsp3) is 0.500. The van der Waals surface area contributed by atoms with Crippen LogP contribution in [0, 0.1) is 5.82 Å². The second kappa shape index (κ2) is 6.74. The lowest BCUT2D eigenvalue weighted by atomic mass is 10.0. The first-order valence-electron chi connectivity index (χ1n) is 7.66. The van der Waals surface area contributed by atoms with E-state index in [0.717, 1.165) is 0 Å². The largest absolute Gasteiger partial charge is 0.480 e. The van der Waals surface area contributed by atoms with E-state index in [0.29, 0.717) is 37.2 Å². The third-order valence-electron chi connectivity index (χ3n) is 4.14. The van der Waals surface area contributed by atoms with Crippen LogP contribution in [0.25, 0.3) is 0 Å². The van der Waals surface area contributed by atoms with Gasteiger partial charge in [0.05, 0.1) is 6.61 Å². The number of aliphatic carboxylic acids is 1. The lowest BCUT2D eigenvalue weighted by Gasteiger charge is -2.43. The summed E-state index contributed by atoms with van der Waals surface area (Å²) in [5.74, 6) is -1.90. The zero-order valence-electron chi connectivity index (χ0n) is 13.0. The second-order valence-electron chi connectivity index (χ2n) is 5.82. The highest BCUT2D eigenvalue weighted by Crippen LogP contribution is 2.37. The van der Waals surface area contributed by atoms with Crippen molar-refractivity contribution in [2.24, 2.45) is 0 Å². The molecule has 0 aliphatic carbocycles. The Morgan fingerprint density at radius 3 is 2.75 bits per heavy atom. The molecule has 3 rings (SSSR count). The number of nitrogens with zero attached hydrogens (tertiary/aromatic N) is 1. The van der Waals surface area contributed by atoms with Crippen molar-refractivity contribution in [1.29, 1.82) is 0 Å². The van der Waals surface area contributed by atoms with Crippen molar-refractivity contribution >= 4 is 11.9 Å². The summed E-state index contributed by atoms with van der Waals surface area (Å²) in [5.41, 5.74) is 0.668. The van der Waals surface area contributed by atoms with E-state index < -0.39 is 18.4 Å². The van der Waals surface area contributed by atoms with Crippen molar-refractivity contribution in [2.45, 2.75) is 25.2 Å². The van der Waals surface area contributed by atoms with Crippen molar-refractivity contribution < 1.29 is 33.3 Å². The van der Waals surface area contributed by atoms with Gasteiger partial charge in [-0.3, -0.25) is 4.79 Å². The molecule has 1 spiro atoms. The van der Waals surface area contributed by atoms with Crippen LogP contribution < -0.4 is 4.74 Å². The molecule has 1 saturated heterocycles. The van der Waals surface area contributed by atoms with Gasteiger partial charge in [-0.25, -0.2) is 9.18 Å². The molecular formula is C16H18FNO6. The Kier molecular flexibility index (Phi) is 4.68. The molecule has 2 aliphatic rings. The molecule has 0 radical (unpaired) electrons. The Balaban J connectivity index is 1.54. The fourth-order valence-corrected chi connectivity index (χ4v) is 2.86. The summed E-state index contributed by atoms with van der Waals surface area (Å²) in [6.45, 7) is 0.354. The number of carbonyl (C=O) groups is 2. The number of halogens is 1. The van der Waals surface area contributed by atoms with Crippen LogP contribution in [0.2, 0.25) is 0 Å². The standard InChI is InChI=1S/C16H18FNO6/c17-12-1-2-13-11(7-12)8-23-16(24-13)3-5-18(6-4-16)14(19)9-22-10-15(20)21/h1-2,7H,3-6,8-10H2,(H,20,21). The van der Waals surface area contributed by atoms with E-state index in [9.17, 15) is 14.0 Å². The van der Waals surface area contributed by atoms with Gasteiger partial charge in [0.15, 0.2) is 0 Å². The van der Waals surface area contributed by atoms with Gasteiger partial charge in [0.25, 0.3) is 0 Å². The lowest BCUT2D eigenvalue weighted by molar-refractivity contribution is -0.228. The molecule has 1 amide bonds. The Labute approximate surface area is 137 Å². The number of hydrogen-bond donors (Lipinski definition) is 1. The molecule has 0 aromatic heterocycles. The predicted octanol–water partition coefficient (Wildman–Crippen LogP) is 1.15. The van der Waals surface area contributed by atoms with Crippen molar-refractivity contribution in [1.82, 2.24) is 4.90 Å². The number of benzene rings is 1. The molecule has 7 nitrogen and oxygen atoms in total. The van der Waals surface area contributed by atoms with Gasteiger partial charge in [-0.05, 0) is 18.2 Å². The molecule has 2 aliphatic heterocycles. The molecule has 0 saturated carbocycles. The van der Waals surface area contributed by atoms with Crippen LogP contribution >= 0.6 is 0 Å². The maximum absolute atomic E-state index is 13.2. The average Bonchev–Trinajstić information content (AvgIpc) is 2.55. The van der Waals surface area contributed by atoms with E-state index in [1.54, 1.807) is 11.0 Å². The van der Waals surface area contributed by atoms with Crippen molar-refractivity contribution in [3.63, 3.8) is 0 Å². The highest BCUT2D eigenvalue weighted by molar-refractivity contribution is 5.78. The van der Waals surface area contributed by atoms with E-state index in [1.165, 1.54) is 12.1 Å². The van der Waals surface area contributed by atoms with E-state index in [-0.39, 0.29) is 24.9 Å². The van der Waals surface area contributed by atoms with E-state index in [1.807, 2.05) is 0 Å². The zero-order valence-corrected chi connectivity index (χ0v) is 13.0. The van der Waals surface area contributed by atoms with E-state index in [2.05, 4.69) is 0 Å². The summed E-state index contributed by atoms with van der Waals surface area (Å²) < 4.78 is 29.7. The number of piperidine rings is 1. The van der Waals surface area contributed by atoms with Gasteiger partial charge in [-0.1, -0.05) is 0 Å². The Morgan fingerprint density at radius 1 is 1.29 bits per heavy atom. The van der Waals surface area contributed by atoms with Crippen molar-refractivity contribution in [3.8, 4) is 5.75 Å². The molecular weight excluding hydrogens is 321 g/mol. The molecule has 1 N–H and O–H groups in total. The van der Waals surface area contributed by atoms with Gasteiger partial charge in [0, 0.05) is 31.5 Å². The lowest BCUT2D eigenvalue weighted by Crippen LogP contribution is -2.53. The summed E-state index contributed by atoms with van der Waals surface area (Å²) in [6, 6.07) is 4.32. The summed E-state index contributed by atoms with van der Waals surface area (Å²) >= 11 is 0. The normalized spacial score (nSPS) is 18.8. The quantitative estimate of drug-likeness (QED) is 0.886. The smallest absolute Gasteiger partial charge is 0.329 e. The van der Waals surface area contributed by atoms with Gasteiger partial charge in [0.2, 0.25) is 11.7 Å². The fourth-order valence-electron chi connectivity index (χ4n) is 2.86. The van der Waals surface area contributed by atoms with Gasteiger partial charge in [-0.2, -0.15) is 0 Å². The van der Waals surface area contributed by atoms with Crippen molar-refractivity contribution in [2.75, 3.05) is 26.3 Å². The molecule has 1 aromatic carbocycles. The van der Waals surface area contributed by atoms with Crippen LogP contribution in [0.4, 0.5) is 4.39 Å². The summed E-state index contributed by atoms with van der Waals surface area (Å²) in [7, 11) is 0. The number of carboxylic acids is 1. The molecule has 1 fully saturated rings.